The van der Waals surface area contributed by atoms with E-state index in [9.17, 15) is 10.1 Å². The summed E-state index contributed by atoms with van der Waals surface area (Å²) in [4.78, 5) is 10.4. The number of rotatable bonds is 4. The smallest absolute Gasteiger partial charge is 0.269 e. The standard InChI is InChI=1S/C17H22N2O2.BrH/c20-19(21)16-3-1-12(2-4-16)11-18-17-8-13-5-14(9-17)7-15(6-13)10-17;/h1-4,13-15,18H,5-11H2;1H. The summed E-state index contributed by atoms with van der Waals surface area (Å²) in [6.45, 7) is 0.837. The number of nitro benzene ring substituents is 1. The van der Waals surface area contributed by atoms with Crippen LogP contribution in [0.25, 0.3) is 0 Å². The van der Waals surface area contributed by atoms with Crippen LogP contribution in [0.2, 0.25) is 0 Å². The molecule has 1 aromatic rings. The second-order valence-electron chi connectivity index (χ2n) is 7.47. The van der Waals surface area contributed by atoms with Crippen LogP contribution in [-0.2, 0) is 6.54 Å². The van der Waals surface area contributed by atoms with Gasteiger partial charge in [0.05, 0.1) is 4.92 Å². The molecule has 0 amide bonds. The van der Waals surface area contributed by atoms with Gasteiger partial charge in [0.1, 0.15) is 0 Å². The topological polar surface area (TPSA) is 55.2 Å². The Labute approximate surface area is 141 Å². The van der Waals surface area contributed by atoms with Crippen LogP contribution in [0.5, 0.6) is 0 Å². The molecule has 4 aliphatic rings. The van der Waals surface area contributed by atoms with Crippen LogP contribution in [-0.4, -0.2) is 10.5 Å². The fraction of sp³-hybridized carbons (Fsp3) is 0.647. The molecular formula is C17H23BrN2O2. The van der Waals surface area contributed by atoms with E-state index in [1.807, 2.05) is 12.1 Å². The first-order chi connectivity index (χ1) is 10.1. The van der Waals surface area contributed by atoms with Gasteiger partial charge >= 0.3 is 0 Å². The molecule has 0 saturated heterocycles. The molecule has 4 aliphatic carbocycles. The van der Waals surface area contributed by atoms with Crippen LogP contribution in [0.3, 0.4) is 0 Å². The van der Waals surface area contributed by atoms with Crippen molar-refractivity contribution in [1.29, 1.82) is 0 Å². The first-order valence-electron chi connectivity index (χ1n) is 8.10. The van der Waals surface area contributed by atoms with Gasteiger partial charge in [-0.05, 0) is 61.8 Å². The molecule has 4 nitrogen and oxygen atoms in total. The van der Waals surface area contributed by atoms with Gasteiger partial charge in [0.2, 0.25) is 0 Å². The van der Waals surface area contributed by atoms with Gasteiger partial charge in [0, 0.05) is 24.2 Å². The molecule has 4 bridgehead atoms. The number of nitrogens with zero attached hydrogens (tertiary/aromatic N) is 1. The fourth-order valence-corrected chi connectivity index (χ4v) is 5.35. The Morgan fingerprint density at radius 1 is 1.05 bits per heavy atom. The van der Waals surface area contributed by atoms with Crippen molar-refractivity contribution in [3.8, 4) is 0 Å². The van der Waals surface area contributed by atoms with Crippen LogP contribution in [0.15, 0.2) is 24.3 Å². The normalized spacial score (nSPS) is 35.2. The second kappa shape index (κ2) is 5.93. The summed E-state index contributed by atoms with van der Waals surface area (Å²) in [5.41, 5.74) is 1.68. The Morgan fingerprint density at radius 2 is 1.55 bits per heavy atom. The minimum Gasteiger partial charge on any atom is -0.307 e. The molecule has 1 N–H and O–H groups in total. The number of non-ortho nitro benzene ring substituents is 1. The van der Waals surface area contributed by atoms with Crippen molar-refractivity contribution in [2.24, 2.45) is 17.8 Å². The number of hydrogen-bond donors (Lipinski definition) is 1. The van der Waals surface area contributed by atoms with E-state index in [0.717, 1.165) is 29.9 Å². The summed E-state index contributed by atoms with van der Waals surface area (Å²) in [7, 11) is 0. The number of nitro groups is 1. The van der Waals surface area contributed by atoms with Gasteiger partial charge in [-0.25, -0.2) is 0 Å². The third-order valence-electron chi connectivity index (χ3n) is 5.85. The van der Waals surface area contributed by atoms with E-state index in [1.54, 1.807) is 12.1 Å². The summed E-state index contributed by atoms with van der Waals surface area (Å²) in [6, 6.07) is 6.98. The minimum atomic E-state index is -0.337. The Hall–Kier alpha value is -0.940. The number of halogens is 1. The Morgan fingerprint density at radius 3 is 2.00 bits per heavy atom. The number of nitrogens with one attached hydrogen (secondary N) is 1. The number of benzene rings is 1. The van der Waals surface area contributed by atoms with E-state index in [4.69, 9.17) is 0 Å². The van der Waals surface area contributed by atoms with Crippen LogP contribution in [0.1, 0.15) is 44.1 Å². The first kappa shape index (κ1) is 15.9. The zero-order chi connectivity index (χ0) is 14.4. The molecule has 0 aliphatic heterocycles. The molecule has 0 spiro atoms. The van der Waals surface area contributed by atoms with E-state index >= 15 is 0 Å². The van der Waals surface area contributed by atoms with Crippen LogP contribution in [0, 0.1) is 27.9 Å². The molecule has 5 heteroatoms. The van der Waals surface area contributed by atoms with E-state index in [1.165, 1.54) is 38.5 Å². The molecule has 22 heavy (non-hydrogen) atoms. The molecule has 0 aromatic heterocycles. The molecule has 120 valence electrons. The lowest BCUT2D eigenvalue weighted by atomic mass is 9.53. The summed E-state index contributed by atoms with van der Waals surface area (Å²) in [5.74, 6) is 2.84. The van der Waals surface area contributed by atoms with Crippen LogP contribution < -0.4 is 5.32 Å². The molecule has 4 fully saturated rings. The maximum absolute atomic E-state index is 10.7. The lowest BCUT2D eigenvalue weighted by Crippen LogP contribution is -2.58. The largest absolute Gasteiger partial charge is 0.307 e. The Bertz CT molecular complexity index is 523. The third-order valence-corrected chi connectivity index (χ3v) is 5.85. The molecule has 0 unspecified atom stereocenters. The van der Waals surface area contributed by atoms with Gasteiger partial charge in [-0.3, -0.25) is 10.1 Å². The number of hydrogen-bond acceptors (Lipinski definition) is 3. The predicted molar refractivity (Wildman–Crippen MR) is 91.2 cm³/mol. The average Bonchev–Trinajstić information content (AvgIpc) is 2.44. The average molecular weight is 367 g/mol. The van der Waals surface area contributed by atoms with Crippen molar-refractivity contribution < 1.29 is 4.92 Å². The molecule has 0 atom stereocenters. The van der Waals surface area contributed by atoms with Crippen molar-refractivity contribution in [1.82, 2.24) is 5.32 Å². The highest BCUT2D eigenvalue weighted by Crippen LogP contribution is 2.55. The van der Waals surface area contributed by atoms with Crippen molar-refractivity contribution in [2.45, 2.75) is 50.6 Å². The lowest BCUT2D eigenvalue weighted by Gasteiger charge is -2.57. The first-order valence-corrected chi connectivity index (χ1v) is 8.10. The SMILES string of the molecule is Br.O=[N+]([O-])c1ccc(CNC23CC4CC(CC(C4)C2)C3)cc1. The quantitative estimate of drug-likeness (QED) is 0.640. The van der Waals surface area contributed by atoms with Crippen molar-refractivity contribution >= 4 is 22.7 Å². The van der Waals surface area contributed by atoms with Crippen molar-refractivity contribution in [3.05, 3.63) is 39.9 Å². The zero-order valence-electron chi connectivity index (χ0n) is 12.7. The second-order valence-corrected chi connectivity index (χ2v) is 7.47. The highest BCUT2D eigenvalue weighted by Gasteiger charge is 2.50. The van der Waals surface area contributed by atoms with Crippen LogP contribution in [0.4, 0.5) is 5.69 Å². The lowest BCUT2D eigenvalue weighted by molar-refractivity contribution is -0.384. The third kappa shape index (κ3) is 2.93. The summed E-state index contributed by atoms with van der Waals surface area (Å²) < 4.78 is 0. The van der Waals surface area contributed by atoms with E-state index in [0.29, 0.717) is 5.54 Å². The molecule has 5 rings (SSSR count). The van der Waals surface area contributed by atoms with Crippen LogP contribution >= 0.6 is 17.0 Å². The fourth-order valence-electron chi connectivity index (χ4n) is 5.35. The maximum atomic E-state index is 10.7. The maximum Gasteiger partial charge on any atom is 0.269 e. The van der Waals surface area contributed by atoms with E-state index < -0.39 is 0 Å². The van der Waals surface area contributed by atoms with Crippen molar-refractivity contribution in [3.63, 3.8) is 0 Å². The van der Waals surface area contributed by atoms with Gasteiger partial charge in [-0.15, -0.1) is 17.0 Å². The summed E-state index contributed by atoms with van der Waals surface area (Å²) in [6.07, 6.45) is 8.39. The van der Waals surface area contributed by atoms with Gasteiger partial charge in [0.25, 0.3) is 5.69 Å². The summed E-state index contributed by atoms with van der Waals surface area (Å²) >= 11 is 0. The molecule has 1 aromatic carbocycles. The molecule has 4 saturated carbocycles. The summed E-state index contributed by atoms with van der Waals surface area (Å²) in [5, 5.41) is 14.5. The highest BCUT2D eigenvalue weighted by molar-refractivity contribution is 8.93. The van der Waals surface area contributed by atoms with Gasteiger partial charge in [-0.2, -0.15) is 0 Å². The highest BCUT2D eigenvalue weighted by atomic mass is 79.9. The van der Waals surface area contributed by atoms with Crippen molar-refractivity contribution in [2.75, 3.05) is 0 Å². The predicted octanol–water partition coefficient (Wildman–Crippen LogP) is 4.23. The Kier molecular flexibility index (Phi) is 4.29. The van der Waals surface area contributed by atoms with E-state index in [-0.39, 0.29) is 27.6 Å². The van der Waals surface area contributed by atoms with Gasteiger partial charge < -0.3 is 5.32 Å². The van der Waals surface area contributed by atoms with Gasteiger partial charge in [-0.1, -0.05) is 12.1 Å². The zero-order valence-corrected chi connectivity index (χ0v) is 14.4. The molecule has 0 heterocycles. The molecular weight excluding hydrogens is 344 g/mol. The van der Waals surface area contributed by atoms with Gasteiger partial charge in [0.15, 0.2) is 0 Å². The monoisotopic (exact) mass is 366 g/mol. The van der Waals surface area contributed by atoms with E-state index in [2.05, 4.69) is 5.32 Å². The Balaban J connectivity index is 0.00000144. The molecule has 0 radical (unpaired) electrons. The minimum absolute atomic E-state index is 0.